The molecule has 0 bridgehead atoms. The third-order valence-corrected chi connectivity index (χ3v) is 4.49. The summed E-state index contributed by atoms with van der Waals surface area (Å²) >= 11 is 0. The second kappa shape index (κ2) is 7.95. The van der Waals surface area contributed by atoms with Crippen LogP contribution in [0.5, 0.6) is 5.75 Å². The van der Waals surface area contributed by atoms with Gasteiger partial charge in [0.15, 0.2) is 0 Å². The molecule has 0 spiro atoms. The quantitative estimate of drug-likeness (QED) is 0.563. The maximum atomic E-state index is 10.2. The minimum Gasteiger partial charge on any atom is -0.506 e. The number of aryl methyl sites for hydroxylation is 1. The van der Waals surface area contributed by atoms with E-state index in [9.17, 15) is 5.11 Å². The average Bonchev–Trinajstić information content (AvgIpc) is 3.03. The van der Waals surface area contributed by atoms with Crippen LogP contribution in [0.25, 0.3) is 0 Å². The van der Waals surface area contributed by atoms with Crippen LogP contribution in [0.1, 0.15) is 51.0 Å². The minimum atomic E-state index is 0.273. The van der Waals surface area contributed by atoms with Gasteiger partial charge in [-0.2, -0.15) is 5.12 Å². The summed E-state index contributed by atoms with van der Waals surface area (Å²) in [5.74, 6) is 0.273. The maximum Gasteiger partial charge on any atom is 0.142 e. The largest absolute Gasteiger partial charge is 0.506 e. The monoisotopic (exact) mass is 325 g/mol. The normalized spacial score (nSPS) is 12.6. The van der Waals surface area contributed by atoms with Crippen molar-refractivity contribution in [3.8, 4) is 5.75 Å². The number of anilines is 3. The van der Waals surface area contributed by atoms with Crippen molar-refractivity contribution < 1.29 is 5.11 Å². The third kappa shape index (κ3) is 3.94. The van der Waals surface area contributed by atoms with Crippen molar-refractivity contribution in [2.75, 3.05) is 16.0 Å². The second-order valence-corrected chi connectivity index (χ2v) is 6.45. The van der Waals surface area contributed by atoms with Crippen molar-refractivity contribution >= 4 is 17.1 Å². The molecule has 0 saturated heterocycles. The van der Waals surface area contributed by atoms with Gasteiger partial charge >= 0.3 is 0 Å². The third-order valence-electron chi connectivity index (χ3n) is 4.49. The Hall–Kier alpha value is -2.36. The Morgan fingerprint density at radius 2 is 1.54 bits per heavy atom. The fourth-order valence-electron chi connectivity index (χ4n) is 3.08. The number of phenolic OH excluding ortho intramolecular Hbond substituents is 1. The van der Waals surface area contributed by atoms with Crippen LogP contribution in [-0.2, 0) is 6.42 Å². The number of unbranched alkanes of at least 4 members (excludes halogenated alkanes) is 5. The molecule has 1 aliphatic rings. The molecule has 0 amide bonds. The van der Waals surface area contributed by atoms with Crippen molar-refractivity contribution in [1.82, 2.24) is 0 Å². The molecule has 0 aromatic heterocycles. The number of hydrogen-bond donors (Lipinski definition) is 3. The average molecular weight is 325 g/mol. The minimum absolute atomic E-state index is 0.273. The second-order valence-electron chi connectivity index (χ2n) is 6.45. The smallest absolute Gasteiger partial charge is 0.142 e. The number of hydrazine groups is 2. The SMILES string of the molecule is CCCCCCCCc1ccc(O)c(N2Nc3ccccc3N2)c1. The lowest BCUT2D eigenvalue weighted by Crippen LogP contribution is -2.29. The summed E-state index contributed by atoms with van der Waals surface area (Å²) in [6.07, 6.45) is 8.84. The van der Waals surface area contributed by atoms with Gasteiger partial charge < -0.3 is 5.11 Å². The Morgan fingerprint density at radius 3 is 2.25 bits per heavy atom. The molecule has 24 heavy (non-hydrogen) atoms. The number of benzene rings is 2. The molecule has 0 saturated carbocycles. The summed E-state index contributed by atoms with van der Waals surface area (Å²) in [4.78, 5) is 0. The van der Waals surface area contributed by atoms with Crippen LogP contribution in [-0.4, -0.2) is 5.11 Å². The first kappa shape index (κ1) is 16.5. The van der Waals surface area contributed by atoms with E-state index in [2.05, 4.69) is 23.8 Å². The van der Waals surface area contributed by atoms with E-state index in [0.717, 1.165) is 23.5 Å². The van der Waals surface area contributed by atoms with E-state index < -0.39 is 0 Å². The molecule has 3 rings (SSSR count). The number of nitrogens with zero attached hydrogens (tertiary/aromatic N) is 1. The van der Waals surface area contributed by atoms with Crippen LogP contribution in [0.4, 0.5) is 17.1 Å². The zero-order valence-electron chi connectivity index (χ0n) is 14.4. The van der Waals surface area contributed by atoms with Gasteiger partial charge in [0.05, 0.1) is 11.4 Å². The van der Waals surface area contributed by atoms with Crippen LogP contribution in [0, 0.1) is 0 Å². The molecule has 0 aliphatic carbocycles. The van der Waals surface area contributed by atoms with E-state index in [1.165, 1.54) is 44.1 Å². The van der Waals surface area contributed by atoms with Crippen LogP contribution < -0.4 is 16.0 Å². The van der Waals surface area contributed by atoms with E-state index in [0.29, 0.717) is 0 Å². The molecule has 0 fully saturated rings. The molecule has 4 nitrogen and oxygen atoms in total. The van der Waals surface area contributed by atoms with Gasteiger partial charge in [-0.25, -0.2) is 0 Å². The molecule has 128 valence electrons. The van der Waals surface area contributed by atoms with Crippen molar-refractivity contribution in [3.63, 3.8) is 0 Å². The molecule has 0 unspecified atom stereocenters. The van der Waals surface area contributed by atoms with Gasteiger partial charge in [0.25, 0.3) is 0 Å². The lowest BCUT2D eigenvalue weighted by molar-refractivity contribution is 0.475. The number of fused-ring (bicyclic) bond motifs is 1. The Labute approximate surface area is 144 Å². The van der Waals surface area contributed by atoms with E-state index in [4.69, 9.17) is 0 Å². The topological polar surface area (TPSA) is 47.5 Å². The van der Waals surface area contributed by atoms with Crippen molar-refractivity contribution in [1.29, 1.82) is 0 Å². The summed E-state index contributed by atoms with van der Waals surface area (Å²) in [5, 5.41) is 12.0. The molecule has 4 heteroatoms. The molecule has 1 heterocycles. The standard InChI is InChI=1S/C20H27N3O/c1-2-3-4-5-6-7-10-16-13-14-20(24)19(15-16)23-21-17-11-8-9-12-18(17)22-23/h8-9,11-15,21-22,24H,2-7,10H2,1H3. The highest BCUT2D eigenvalue weighted by atomic mass is 16.3. The highest BCUT2D eigenvalue weighted by Crippen LogP contribution is 2.35. The first-order valence-electron chi connectivity index (χ1n) is 9.02. The van der Waals surface area contributed by atoms with Crippen molar-refractivity contribution in [3.05, 3.63) is 48.0 Å². The summed E-state index contributed by atoms with van der Waals surface area (Å²) in [6, 6.07) is 13.9. The summed E-state index contributed by atoms with van der Waals surface area (Å²) in [7, 11) is 0. The fraction of sp³-hybridized carbons (Fsp3) is 0.400. The van der Waals surface area contributed by atoms with Gasteiger partial charge in [-0.3, -0.25) is 10.9 Å². The summed E-state index contributed by atoms with van der Waals surface area (Å²) in [5.41, 5.74) is 10.6. The molecule has 3 N–H and O–H groups in total. The van der Waals surface area contributed by atoms with Crippen molar-refractivity contribution in [2.45, 2.75) is 51.9 Å². The zero-order valence-corrected chi connectivity index (χ0v) is 14.4. The zero-order chi connectivity index (χ0) is 16.8. The van der Waals surface area contributed by atoms with E-state index in [-0.39, 0.29) is 5.75 Å². The number of aromatic hydroxyl groups is 1. The first-order chi connectivity index (χ1) is 11.8. The van der Waals surface area contributed by atoms with Crippen LogP contribution in [0.15, 0.2) is 42.5 Å². The Balaban J connectivity index is 1.59. The lowest BCUT2D eigenvalue weighted by atomic mass is 10.0. The highest BCUT2D eigenvalue weighted by molar-refractivity contribution is 5.80. The Morgan fingerprint density at radius 1 is 0.875 bits per heavy atom. The van der Waals surface area contributed by atoms with E-state index in [1.807, 2.05) is 30.3 Å². The summed E-state index contributed by atoms with van der Waals surface area (Å²) < 4.78 is 0. The van der Waals surface area contributed by atoms with Gasteiger partial charge in [0.2, 0.25) is 0 Å². The molecular formula is C20H27N3O. The van der Waals surface area contributed by atoms with Crippen molar-refractivity contribution in [2.24, 2.45) is 0 Å². The highest BCUT2D eigenvalue weighted by Gasteiger charge is 2.20. The Bertz CT molecular complexity index is 647. The lowest BCUT2D eigenvalue weighted by Gasteiger charge is -2.20. The maximum absolute atomic E-state index is 10.2. The number of phenols is 1. The number of rotatable bonds is 8. The predicted octanol–water partition coefficient (Wildman–Crippen LogP) is 5.47. The van der Waals surface area contributed by atoms with Gasteiger partial charge in [-0.1, -0.05) is 57.2 Å². The number of nitrogens with one attached hydrogen (secondary N) is 2. The number of hydrogen-bond acceptors (Lipinski definition) is 4. The molecule has 1 aliphatic heterocycles. The van der Waals surface area contributed by atoms with Gasteiger partial charge in [-0.15, -0.1) is 0 Å². The molecule has 0 radical (unpaired) electrons. The van der Waals surface area contributed by atoms with E-state index in [1.54, 1.807) is 11.2 Å². The predicted molar refractivity (Wildman–Crippen MR) is 101 cm³/mol. The van der Waals surface area contributed by atoms with Gasteiger partial charge in [0.1, 0.15) is 11.4 Å². The van der Waals surface area contributed by atoms with E-state index >= 15 is 0 Å². The summed E-state index contributed by atoms with van der Waals surface area (Å²) in [6.45, 7) is 2.25. The van der Waals surface area contributed by atoms with Crippen LogP contribution in [0.2, 0.25) is 0 Å². The first-order valence-corrected chi connectivity index (χ1v) is 9.02. The molecule has 0 atom stereocenters. The van der Waals surface area contributed by atoms with Crippen LogP contribution >= 0.6 is 0 Å². The fourth-order valence-corrected chi connectivity index (χ4v) is 3.08. The Kier molecular flexibility index (Phi) is 5.47. The molecule has 2 aromatic carbocycles. The number of para-hydroxylation sites is 2. The van der Waals surface area contributed by atoms with Crippen LogP contribution in [0.3, 0.4) is 0 Å². The molecular weight excluding hydrogens is 298 g/mol. The van der Waals surface area contributed by atoms with Gasteiger partial charge in [-0.05, 0) is 42.7 Å². The molecule has 2 aromatic rings. The van der Waals surface area contributed by atoms with Gasteiger partial charge in [0, 0.05) is 0 Å².